The van der Waals surface area contributed by atoms with E-state index < -0.39 is 0 Å². The molecule has 0 aliphatic heterocycles. The number of rotatable bonds is 6. The fourth-order valence-corrected chi connectivity index (χ4v) is 3.36. The highest BCUT2D eigenvalue weighted by atomic mass is 35.5. The van der Waals surface area contributed by atoms with Crippen LogP contribution >= 0.6 is 35.0 Å². The van der Waals surface area contributed by atoms with Gasteiger partial charge in [-0.05, 0) is 29.3 Å². The van der Waals surface area contributed by atoms with Gasteiger partial charge in [0, 0.05) is 19.3 Å². The predicted octanol–water partition coefficient (Wildman–Crippen LogP) is 4.76. The number of nitrogens with zero attached hydrogens (tertiary/aromatic N) is 2. The molecule has 124 valence electrons. The predicted molar refractivity (Wildman–Crippen MR) is 100 cm³/mol. The number of carbonyl (C=O) groups excluding carboxylic acids is 1. The van der Waals surface area contributed by atoms with Gasteiger partial charge in [-0.3, -0.25) is 4.79 Å². The minimum Gasteiger partial charge on any atom is -0.341 e. The van der Waals surface area contributed by atoms with E-state index in [0.717, 1.165) is 16.9 Å². The Balaban J connectivity index is 1.83. The van der Waals surface area contributed by atoms with Crippen molar-refractivity contribution in [3.8, 4) is 6.07 Å². The molecule has 2 rings (SSSR count). The first-order valence-electron chi connectivity index (χ1n) is 7.25. The summed E-state index contributed by atoms with van der Waals surface area (Å²) in [5, 5.41) is 9.75. The summed E-state index contributed by atoms with van der Waals surface area (Å²) < 4.78 is 0. The largest absolute Gasteiger partial charge is 0.341 e. The molecule has 0 aromatic heterocycles. The van der Waals surface area contributed by atoms with E-state index in [0.29, 0.717) is 27.9 Å². The first-order valence-corrected chi connectivity index (χ1v) is 9.16. The van der Waals surface area contributed by atoms with Crippen LogP contribution in [0.3, 0.4) is 0 Å². The lowest BCUT2D eigenvalue weighted by Gasteiger charge is -2.18. The summed E-state index contributed by atoms with van der Waals surface area (Å²) in [6.07, 6.45) is 0. The van der Waals surface area contributed by atoms with Gasteiger partial charge in [-0.1, -0.05) is 47.5 Å². The van der Waals surface area contributed by atoms with Crippen LogP contribution in [0.15, 0.2) is 42.5 Å². The topological polar surface area (TPSA) is 44.1 Å². The molecule has 0 saturated carbocycles. The second-order valence-corrected chi connectivity index (χ2v) is 7.04. The van der Waals surface area contributed by atoms with Crippen LogP contribution in [0.1, 0.15) is 16.7 Å². The van der Waals surface area contributed by atoms with Crippen LogP contribution in [0, 0.1) is 11.3 Å². The standard InChI is InChI=1S/C18H16Cl2N2OS/c1-22(10-15-3-2-4-16(19)18(15)20)17(23)12-24-11-14-7-5-13(9-21)6-8-14/h2-8H,10-12H2,1H3. The smallest absolute Gasteiger partial charge is 0.232 e. The van der Waals surface area contributed by atoms with Gasteiger partial charge < -0.3 is 4.90 Å². The number of halogens is 2. The number of amides is 1. The zero-order valence-corrected chi connectivity index (χ0v) is 15.5. The Labute approximate surface area is 156 Å². The minimum atomic E-state index is 0.0321. The Bertz CT molecular complexity index is 757. The summed E-state index contributed by atoms with van der Waals surface area (Å²) in [4.78, 5) is 13.9. The highest BCUT2D eigenvalue weighted by molar-refractivity contribution is 7.99. The number of thioether (sulfide) groups is 1. The summed E-state index contributed by atoms with van der Waals surface area (Å²) >= 11 is 13.7. The average molecular weight is 379 g/mol. The highest BCUT2D eigenvalue weighted by Crippen LogP contribution is 2.26. The van der Waals surface area contributed by atoms with E-state index in [1.54, 1.807) is 41.9 Å². The molecule has 0 N–H and O–H groups in total. The molecule has 2 aromatic carbocycles. The number of hydrogen-bond acceptors (Lipinski definition) is 3. The van der Waals surface area contributed by atoms with Crippen molar-refractivity contribution in [1.82, 2.24) is 4.90 Å². The van der Waals surface area contributed by atoms with Crippen LogP contribution in [-0.4, -0.2) is 23.6 Å². The van der Waals surface area contributed by atoms with Crippen molar-refractivity contribution in [1.29, 1.82) is 5.26 Å². The SMILES string of the molecule is CN(Cc1cccc(Cl)c1Cl)C(=O)CSCc1ccc(C#N)cc1. The summed E-state index contributed by atoms with van der Waals surface area (Å²) in [6.45, 7) is 0.426. The van der Waals surface area contributed by atoms with Crippen molar-refractivity contribution >= 4 is 40.9 Å². The molecule has 0 atom stereocenters. The summed E-state index contributed by atoms with van der Waals surface area (Å²) in [6, 6.07) is 14.9. The van der Waals surface area contributed by atoms with E-state index in [4.69, 9.17) is 28.5 Å². The molecule has 0 heterocycles. The fraction of sp³-hybridized carbons (Fsp3) is 0.222. The maximum atomic E-state index is 12.2. The average Bonchev–Trinajstić information content (AvgIpc) is 2.59. The molecular formula is C18H16Cl2N2OS. The van der Waals surface area contributed by atoms with Crippen LogP contribution < -0.4 is 0 Å². The maximum absolute atomic E-state index is 12.2. The van der Waals surface area contributed by atoms with Crippen LogP contribution in [0.5, 0.6) is 0 Å². The van der Waals surface area contributed by atoms with Gasteiger partial charge in [0.15, 0.2) is 0 Å². The summed E-state index contributed by atoms with van der Waals surface area (Å²) in [7, 11) is 1.75. The first-order chi connectivity index (χ1) is 11.5. The molecule has 0 bridgehead atoms. The lowest BCUT2D eigenvalue weighted by Crippen LogP contribution is -2.28. The molecule has 2 aromatic rings. The van der Waals surface area contributed by atoms with Crippen LogP contribution in [-0.2, 0) is 17.1 Å². The third kappa shape index (κ3) is 5.17. The van der Waals surface area contributed by atoms with Crippen LogP contribution in [0.25, 0.3) is 0 Å². The van der Waals surface area contributed by atoms with E-state index in [2.05, 4.69) is 6.07 Å². The Kier molecular flexibility index (Phi) is 6.99. The first kappa shape index (κ1) is 18.7. The van der Waals surface area contributed by atoms with E-state index in [1.165, 1.54) is 0 Å². The maximum Gasteiger partial charge on any atom is 0.232 e. The normalized spacial score (nSPS) is 10.2. The second-order valence-electron chi connectivity index (χ2n) is 5.26. The third-order valence-corrected chi connectivity index (χ3v) is 5.29. The molecule has 0 fully saturated rings. The Hall–Kier alpha value is -1.67. The molecule has 0 unspecified atom stereocenters. The zero-order valence-electron chi connectivity index (χ0n) is 13.1. The molecule has 0 aliphatic rings. The molecule has 0 saturated heterocycles. The van der Waals surface area contributed by atoms with Crippen molar-refractivity contribution in [3.05, 3.63) is 69.2 Å². The molecule has 24 heavy (non-hydrogen) atoms. The van der Waals surface area contributed by atoms with E-state index >= 15 is 0 Å². The monoisotopic (exact) mass is 378 g/mol. The molecular weight excluding hydrogens is 363 g/mol. The van der Waals surface area contributed by atoms with Crippen molar-refractivity contribution in [2.75, 3.05) is 12.8 Å². The molecule has 6 heteroatoms. The molecule has 0 radical (unpaired) electrons. The summed E-state index contributed by atoms with van der Waals surface area (Å²) in [5.41, 5.74) is 2.56. The lowest BCUT2D eigenvalue weighted by molar-refractivity contribution is -0.127. The molecule has 0 spiro atoms. The molecule has 0 aliphatic carbocycles. The van der Waals surface area contributed by atoms with E-state index in [1.807, 2.05) is 24.3 Å². The lowest BCUT2D eigenvalue weighted by atomic mass is 10.2. The highest BCUT2D eigenvalue weighted by Gasteiger charge is 2.12. The Morgan fingerprint density at radius 2 is 1.92 bits per heavy atom. The van der Waals surface area contributed by atoms with Gasteiger partial charge in [0.25, 0.3) is 0 Å². The van der Waals surface area contributed by atoms with Crippen molar-refractivity contribution in [2.45, 2.75) is 12.3 Å². The van der Waals surface area contributed by atoms with Gasteiger partial charge in [-0.15, -0.1) is 11.8 Å². The fourth-order valence-electron chi connectivity index (χ4n) is 2.06. The van der Waals surface area contributed by atoms with E-state index in [9.17, 15) is 4.79 Å². The quantitative estimate of drug-likeness (QED) is 0.727. The second kappa shape index (κ2) is 8.98. The minimum absolute atomic E-state index is 0.0321. The Morgan fingerprint density at radius 1 is 1.21 bits per heavy atom. The summed E-state index contributed by atoms with van der Waals surface area (Å²) in [5.74, 6) is 1.14. The number of nitriles is 1. The number of carbonyl (C=O) groups is 1. The van der Waals surface area contributed by atoms with Crippen LogP contribution in [0.4, 0.5) is 0 Å². The van der Waals surface area contributed by atoms with Gasteiger partial charge >= 0.3 is 0 Å². The third-order valence-electron chi connectivity index (χ3n) is 3.44. The van der Waals surface area contributed by atoms with E-state index in [-0.39, 0.29) is 5.91 Å². The number of hydrogen-bond donors (Lipinski definition) is 0. The Morgan fingerprint density at radius 3 is 2.58 bits per heavy atom. The number of benzene rings is 2. The van der Waals surface area contributed by atoms with Crippen LogP contribution in [0.2, 0.25) is 10.0 Å². The zero-order chi connectivity index (χ0) is 17.5. The van der Waals surface area contributed by atoms with Crippen molar-refractivity contribution in [2.24, 2.45) is 0 Å². The molecule has 1 amide bonds. The van der Waals surface area contributed by atoms with Gasteiger partial charge in [0.05, 0.1) is 27.4 Å². The van der Waals surface area contributed by atoms with Gasteiger partial charge in [-0.25, -0.2) is 0 Å². The van der Waals surface area contributed by atoms with Crippen molar-refractivity contribution < 1.29 is 4.79 Å². The van der Waals surface area contributed by atoms with Crippen molar-refractivity contribution in [3.63, 3.8) is 0 Å². The van der Waals surface area contributed by atoms with Gasteiger partial charge in [-0.2, -0.15) is 5.26 Å². The molecule has 3 nitrogen and oxygen atoms in total. The van der Waals surface area contributed by atoms with Gasteiger partial charge in [0.2, 0.25) is 5.91 Å². The van der Waals surface area contributed by atoms with Gasteiger partial charge in [0.1, 0.15) is 0 Å².